The largest absolute Gasteiger partial charge is 0.399 e. The molecule has 2 aliphatic carbocycles. The summed E-state index contributed by atoms with van der Waals surface area (Å²) in [6, 6.07) is 0. The fourth-order valence-electron chi connectivity index (χ4n) is 2.08. The summed E-state index contributed by atoms with van der Waals surface area (Å²) in [7, 11) is 0. The SMILES string of the molecule is CC.NC(/C=C1/CC1=O)=C/C1CCCCC1. The van der Waals surface area contributed by atoms with Gasteiger partial charge in [0.25, 0.3) is 0 Å². The zero-order valence-corrected chi connectivity index (χ0v) is 10.5. The number of hydrogen-bond acceptors (Lipinski definition) is 2. The molecule has 0 atom stereocenters. The van der Waals surface area contributed by atoms with E-state index in [4.69, 9.17) is 5.73 Å². The third-order valence-corrected chi connectivity index (χ3v) is 3.00. The van der Waals surface area contributed by atoms with Gasteiger partial charge in [0, 0.05) is 17.7 Å². The molecular formula is C14H23NO. The van der Waals surface area contributed by atoms with Crippen molar-refractivity contribution in [2.45, 2.75) is 52.4 Å². The van der Waals surface area contributed by atoms with Gasteiger partial charge in [0.2, 0.25) is 0 Å². The van der Waals surface area contributed by atoms with Crippen molar-refractivity contribution >= 4 is 5.78 Å². The number of allylic oxidation sites excluding steroid dienone is 3. The van der Waals surface area contributed by atoms with Gasteiger partial charge in [-0.2, -0.15) is 0 Å². The maximum absolute atomic E-state index is 10.8. The average molecular weight is 221 g/mol. The molecule has 0 spiro atoms. The van der Waals surface area contributed by atoms with Crippen molar-refractivity contribution < 1.29 is 4.79 Å². The highest BCUT2D eigenvalue weighted by molar-refractivity contribution is 6.13. The Labute approximate surface area is 98.6 Å². The molecule has 0 aromatic heterocycles. The first-order chi connectivity index (χ1) is 7.75. The van der Waals surface area contributed by atoms with Crippen LogP contribution in [0, 0.1) is 5.92 Å². The Balaban J connectivity index is 0.000000606. The van der Waals surface area contributed by atoms with Gasteiger partial charge in [-0.1, -0.05) is 39.2 Å². The van der Waals surface area contributed by atoms with Crippen molar-refractivity contribution in [3.05, 3.63) is 23.4 Å². The zero-order valence-electron chi connectivity index (χ0n) is 10.5. The minimum absolute atomic E-state index is 0.255. The van der Waals surface area contributed by atoms with Crippen LogP contribution in [-0.2, 0) is 4.79 Å². The van der Waals surface area contributed by atoms with E-state index in [1.807, 2.05) is 19.9 Å². The van der Waals surface area contributed by atoms with Crippen LogP contribution in [0.15, 0.2) is 23.4 Å². The standard InChI is InChI=1S/C12H17NO.C2H6/c13-11(7-10-8-12(10)14)6-9-4-2-1-3-5-9;1-2/h6-7,9H,1-5,8,13H2;1-2H3/b10-7-,11-6+;. The van der Waals surface area contributed by atoms with Crippen molar-refractivity contribution in [2.24, 2.45) is 11.7 Å². The van der Waals surface area contributed by atoms with E-state index in [0.717, 1.165) is 11.3 Å². The van der Waals surface area contributed by atoms with Gasteiger partial charge in [0.15, 0.2) is 5.78 Å². The van der Waals surface area contributed by atoms with E-state index in [9.17, 15) is 4.79 Å². The molecule has 2 aliphatic rings. The van der Waals surface area contributed by atoms with Gasteiger partial charge in [-0.05, 0) is 24.8 Å². The first kappa shape index (κ1) is 13.0. The quantitative estimate of drug-likeness (QED) is 0.727. The van der Waals surface area contributed by atoms with Gasteiger partial charge < -0.3 is 5.73 Å². The fourth-order valence-corrected chi connectivity index (χ4v) is 2.08. The Bertz CT molecular complexity index is 296. The summed E-state index contributed by atoms with van der Waals surface area (Å²) in [6.07, 6.45) is 11.1. The summed E-state index contributed by atoms with van der Waals surface area (Å²) in [5, 5.41) is 0. The van der Waals surface area contributed by atoms with Crippen LogP contribution in [0.1, 0.15) is 52.4 Å². The predicted molar refractivity (Wildman–Crippen MR) is 67.9 cm³/mol. The van der Waals surface area contributed by atoms with Crippen LogP contribution in [0.4, 0.5) is 0 Å². The smallest absolute Gasteiger partial charge is 0.163 e. The molecule has 0 saturated heterocycles. The zero-order chi connectivity index (χ0) is 12.0. The molecule has 2 nitrogen and oxygen atoms in total. The second kappa shape index (κ2) is 6.51. The van der Waals surface area contributed by atoms with Gasteiger partial charge in [-0.3, -0.25) is 4.79 Å². The minimum atomic E-state index is 0.255. The summed E-state index contributed by atoms with van der Waals surface area (Å²) in [5.74, 6) is 0.902. The summed E-state index contributed by atoms with van der Waals surface area (Å²) in [5.41, 5.74) is 7.53. The van der Waals surface area contributed by atoms with Crippen molar-refractivity contribution in [1.29, 1.82) is 0 Å². The van der Waals surface area contributed by atoms with Crippen LogP contribution in [0.2, 0.25) is 0 Å². The van der Waals surface area contributed by atoms with Crippen molar-refractivity contribution in [1.82, 2.24) is 0 Å². The molecule has 0 radical (unpaired) electrons. The average Bonchev–Trinajstić information content (AvgIpc) is 2.98. The predicted octanol–water partition coefficient (Wildman–Crippen LogP) is 3.33. The summed E-state index contributed by atoms with van der Waals surface area (Å²) < 4.78 is 0. The van der Waals surface area contributed by atoms with Crippen molar-refractivity contribution in [3.63, 3.8) is 0 Å². The Morgan fingerprint density at radius 1 is 1.25 bits per heavy atom. The number of Topliss-reactive ketones (excluding diaryl/α,β-unsaturated/α-hetero) is 1. The lowest BCUT2D eigenvalue weighted by Crippen LogP contribution is -2.06. The number of rotatable bonds is 2. The van der Waals surface area contributed by atoms with Crippen LogP contribution in [-0.4, -0.2) is 5.78 Å². The van der Waals surface area contributed by atoms with Gasteiger partial charge in [0.05, 0.1) is 0 Å². The monoisotopic (exact) mass is 221 g/mol. The number of nitrogens with two attached hydrogens (primary N) is 1. The van der Waals surface area contributed by atoms with Gasteiger partial charge in [-0.15, -0.1) is 0 Å². The molecule has 2 N–H and O–H groups in total. The highest BCUT2D eigenvalue weighted by atomic mass is 16.1. The van der Waals surface area contributed by atoms with E-state index in [1.165, 1.54) is 32.1 Å². The molecule has 2 rings (SSSR count). The molecule has 0 bridgehead atoms. The summed E-state index contributed by atoms with van der Waals surface area (Å²) in [4.78, 5) is 10.8. The first-order valence-electron chi connectivity index (χ1n) is 6.47. The van der Waals surface area contributed by atoms with Crippen LogP contribution < -0.4 is 5.73 Å². The second-order valence-corrected chi connectivity index (χ2v) is 4.33. The molecule has 2 saturated carbocycles. The van der Waals surface area contributed by atoms with Gasteiger partial charge >= 0.3 is 0 Å². The van der Waals surface area contributed by atoms with E-state index in [0.29, 0.717) is 12.3 Å². The number of carbonyl (C=O) groups excluding carboxylic acids is 1. The molecular weight excluding hydrogens is 198 g/mol. The fraction of sp³-hybridized carbons (Fsp3) is 0.643. The maximum Gasteiger partial charge on any atom is 0.163 e. The van der Waals surface area contributed by atoms with Crippen LogP contribution in [0.25, 0.3) is 0 Å². The van der Waals surface area contributed by atoms with E-state index < -0.39 is 0 Å². The lowest BCUT2D eigenvalue weighted by molar-refractivity contribution is -0.108. The van der Waals surface area contributed by atoms with Gasteiger partial charge in [0.1, 0.15) is 0 Å². The molecule has 16 heavy (non-hydrogen) atoms. The third kappa shape index (κ3) is 4.21. The molecule has 0 amide bonds. The van der Waals surface area contributed by atoms with Crippen molar-refractivity contribution in [3.8, 4) is 0 Å². The van der Waals surface area contributed by atoms with E-state index >= 15 is 0 Å². The molecule has 2 fully saturated rings. The second-order valence-electron chi connectivity index (χ2n) is 4.33. The lowest BCUT2D eigenvalue weighted by atomic mass is 9.88. The van der Waals surface area contributed by atoms with Crippen LogP contribution in [0.5, 0.6) is 0 Å². The highest BCUT2D eigenvalue weighted by Gasteiger charge is 2.25. The van der Waals surface area contributed by atoms with Crippen molar-refractivity contribution in [2.75, 3.05) is 0 Å². The molecule has 0 heterocycles. The maximum atomic E-state index is 10.8. The summed E-state index contributed by atoms with van der Waals surface area (Å²) in [6.45, 7) is 4.00. The molecule has 0 aliphatic heterocycles. The molecule has 0 aromatic carbocycles. The molecule has 90 valence electrons. The minimum Gasteiger partial charge on any atom is -0.399 e. The normalized spacial score (nSPS) is 24.0. The van der Waals surface area contributed by atoms with Crippen LogP contribution in [0.3, 0.4) is 0 Å². The number of hydrogen-bond donors (Lipinski definition) is 1. The van der Waals surface area contributed by atoms with E-state index in [1.54, 1.807) is 0 Å². The lowest BCUT2D eigenvalue weighted by Gasteiger charge is -2.18. The third-order valence-electron chi connectivity index (χ3n) is 3.00. The molecule has 0 unspecified atom stereocenters. The Kier molecular flexibility index (Phi) is 5.30. The first-order valence-corrected chi connectivity index (χ1v) is 6.47. The number of ketones is 1. The molecule has 0 aromatic rings. The molecule has 2 heteroatoms. The Morgan fingerprint density at radius 2 is 1.81 bits per heavy atom. The topological polar surface area (TPSA) is 43.1 Å². The van der Waals surface area contributed by atoms with Crippen LogP contribution >= 0.6 is 0 Å². The van der Waals surface area contributed by atoms with Gasteiger partial charge in [-0.25, -0.2) is 0 Å². The summed E-state index contributed by atoms with van der Waals surface area (Å²) >= 11 is 0. The van der Waals surface area contributed by atoms with E-state index in [2.05, 4.69) is 6.08 Å². The highest BCUT2D eigenvalue weighted by Crippen LogP contribution is 2.27. The number of carbonyl (C=O) groups is 1. The Morgan fingerprint density at radius 3 is 2.31 bits per heavy atom. The van der Waals surface area contributed by atoms with E-state index in [-0.39, 0.29) is 5.78 Å². The Hall–Kier alpha value is -1.05.